The minimum atomic E-state index is -0.339. The van der Waals surface area contributed by atoms with Crippen LogP contribution in [0.5, 0.6) is 0 Å². The zero-order chi connectivity index (χ0) is 85.5. The summed E-state index contributed by atoms with van der Waals surface area (Å²) in [6.07, 6.45) is 59.9. The lowest BCUT2D eigenvalue weighted by Crippen LogP contribution is -2.35. The molecule has 8 bridgehead atoms. The van der Waals surface area contributed by atoms with E-state index in [4.69, 9.17) is 37.9 Å². The van der Waals surface area contributed by atoms with Crippen LogP contribution in [0, 0.1) is 189 Å². The summed E-state index contributed by atoms with van der Waals surface area (Å²) < 4.78 is 47.5. The first-order valence-electron chi connectivity index (χ1n) is 52.5. The van der Waals surface area contributed by atoms with Crippen LogP contribution in [0.15, 0.2) is 24.8 Å². The van der Waals surface area contributed by atoms with Crippen molar-refractivity contribution >= 4 is 47.8 Å². The molecule has 0 aliphatic heterocycles. The van der Waals surface area contributed by atoms with Crippen LogP contribution in [-0.4, -0.2) is 101 Å². The predicted octanol–water partition coefficient (Wildman–Crippen LogP) is 23.3. The molecule has 15 aliphatic carbocycles. The van der Waals surface area contributed by atoms with E-state index >= 15 is 0 Å². The van der Waals surface area contributed by atoms with Crippen LogP contribution in [0.25, 0.3) is 0 Å². The van der Waals surface area contributed by atoms with Gasteiger partial charge >= 0.3 is 47.8 Å². The topological polar surface area (TPSA) is 210 Å². The minimum Gasteiger partial charge on any atom is -0.465 e. The third-order valence-corrected chi connectivity index (χ3v) is 37.6. The van der Waals surface area contributed by atoms with Crippen molar-refractivity contribution in [2.75, 3.05) is 52.9 Å². The molecule has 28 atom stereocenters. The molecule has 690 valence electrons. The maximum absolute atomic E-state index is 13.5. The molecule has 0 aromatic heterocycles. The van der Waals surface area contributed by atoms with Gasteiger partial charge in [0, 0.05) is 24.5 Å². The van der Waals surface area contributed by atoms with Crippen LogP contribution in [0.3, 0.4) is 0 Å². The second-order valence-corrected chi connectivity index (χ2v) is 44.9. The molecule has 0 radical (unpaired) electrons. The van der Waals surface area contributed by atoms with Gasteiger partial charge in [-0.05, 0) is 365 Å². The van der Waals surface area contributed by atoms with Crippen molar-refractivity contribution < 1.29 is 76.3 Å². The van der Waals surface area contributed by atoms with Gasteiger partial charge in [-0.25, -0.2) is 9.59 Å². The van der Waals surface area contributed by atoms with E-state index in [1.165, 1.54) is 173 Å². The molecular formula is C107H166O16. The van der Waals surface area contributed by atoms with Gasteiger partial charge in [0.2, 0.25) is 0 Å². The number of carbonyl (C=O) groups is 8. The molecule has 0 aromatic rings. The van der Waals surface area contributed by atoms with Crippen LogP contribution in [0.1, 0.15) is 355 Å². The largest absolute Gasteiger partial charge is 0.465 e. The lowest BCUT2D eigenvalue weighted by molar-refractivity contribution is -0.157. The Kier molecular flexibility index (Phi) is 34.1. The van der Waals surface area contributed by atoms with Crippen LogP contribution < -0.4 is 0 Å². The average Bonchev–Trinajstić information content (AvgIpc) is 1.61. The Morgan fingerprint density at radius 3 is 0.886 bits per heavy atom. The standard InChI is InChI=1S/C107H166O16/c1-6-9-11-13-16-22-28-73-34-33-72(27-21-12-10-7-2)86(29-23-17-14-19-25-31-101(109)117-63-82-51-78-55-92(82)97-49-70(45-90(78)97)61-120-104(112)74-35-39-76(40-36-74)106(114)122-65-84-53-80-57-94(84)96-47-68(43-88(80)96)59-116-100(108)8-3)87(73)30-24-18-15-20-26-32-102(110)118-64-83-52-79-56-93(83)98-50-71(46-91(79)98)62-121-105(113)75-37-41-77(42-38-75)107(115)123-66-85-54-81-58-95(85)99-48-69(44-89(81)99)60-119-103(111)67(4)5/h8,68-99H,3-4,6-7,9-66H2,1-2,5H3/t68?,69?,70?,71?,72?,73?,74?,75?,76?,77?,78?,79?,80?,81?,82?,83?,84?,85?,86?,87?,88-,89+,90?,91?,92?,93?,94?,95?,96-,97?,98?,99+/m1/s1. The summed E-state index contributed by atoms with van der Waals surface area (Å²) >= 11 is 0. The van der Waals surface area contributed by atoms with Crippen LogP contribution in [0.4, 0.5) is 0 Å². The molecular weight excluding hydrogens is 1540 g/mol. The number of ether oxygens (including phenoxy) is 8. The smallest absolute Gasteiger partial charge is 0.333 e. The van der Waals surface area contributed by atoms with Crippen LogP contribution >= 0.6 is 0 Å². The van der Waals surface area contributed by atoms with E-state index in [2.05, 4.69) is 27.0 Å². The molecule has 0 amide bonds. The van der Waals surface area contributed by atoms with Crippen LogP contribution in [-0.2, 0) is 76.3 Å². The highest BCUT2D eigenvalue weighted by Gasteiger charge is 2.61. The molecule has 24 unspecified atom stereocenters. The van der Waals surface area contributed by atoms with Crippen molar-refractivity contribution in [3.63, 3.8) is 0 Å². The molecule has 15 aliphatic rings. The Balaban J connectivity index is 0.414. The number of rotatable bonds is 50. The van der Waals surface area contributed by atoms with Gasteiger partial charge < -0.3 is 37.9 Å². The van der Waals surface area contributed by atoms with Gasteiger partial charge in [0.1, 0.15) is 0 Å². The Hall–Kier alpha value is -4.76. The summed E-state index contributed by atoms with van der Waals surface area (Å²) in [6, 6.07) is 0. The van der Waals surface area contributed by atoms with Crippen molar-refractivity contribution in [1.82, 2.24) is 0 Å². The fourth-order valence-electron chi connectivity index (χ4n) is 31.7. The molecule has 0 saturated heterocycles. The summed E-state index contributed by atoms with van der Waals surface area (Å²) in [5.74, 6) is 15.9. The van der Waals surface area contributed by atoms with Crippen LogP contribution in [0.2, 0.25) is 0 Å². The fraction of sp³-hybridized carbons (Fsp3) is 0.888. The summed E-state index contributed by atoms with van der Waals surface area (Å²) in [4.78, 5) is 104. The van der Waals surface area contributed by atoms with Gasteiger partial charge in [-0.1, -0.05) is 155 Å². The predicted molar refractivity (Wildman–Crippen MR) is 476 cm³/mol. The molecule has 15 fully saturated rings. The van der Waals surface area contributed by atoms with Crippen molar-refractivity contribution in [1.29, 1.82) is 0 Å². The van der Waals surface area contributed by atoms with Crippen molar-refractivity contribution in [3.8, 4) is 0 Å². The molecule has 123 heavy (non-hydrogen) atoms. The maximum atomic E-state index is 13.5. The molecule has 0 N–H and O–H groups in total. The third-order valence-electron chi connectivity index (χ3n) is 37.6. The second-order valence-electron chi connectivity index (χ2n) is 44.9. The Bertz CT molecular complexity index is 3460. The third kappa shape index (κ3) is 23.7. The highest BCUT2D eigenvalue weighted by molar-refractivity contribution is 5.87. The molecule has 16 nitrogen and oxygen atoms in total. The van der Waals surface area contributed by atoms with Gasteiger partial charge in [-0.15, -0.1) is 0 Å². The number of unbranched alkanes of at least 4 members (excludes halogenated alkanes) is 16. The van der Waals surface area contributed by atoms with E-state index in [0.717, 1.165) is 126 Å². The molecule has 0 spiro atoms. The molecule has 0 aromatic carbocycles. The van der Waals surface area contributed by atoms with E-state index in [-0.39, 0.29) is 71.4 Å². The average molecular weight is 1710 g/mol. The van der Waals surface area contributed by atoms with Gasteiger partial charge in [-0.2, -0.15) is 0 Å². The lowest BCUT2D eigenvalue weighted by atomic mass is 9.61. The lowest BCUT2D eigenvalue weighted by Gasteiger charge is -2.44. The second kappa shape index (κ2) is 45.2. The SMILES string of the molecule is C=CC(=O)OCC1C[C@@H]2C3CC(COC(=O)C4CCC(C(=O)OCC5CC6C7CC(COC(=O)CCCCCCCC8C(CCCCCC)CCC(CCCCCCCC)C8CCCCCCCC(=O)OCC8CC9CC8C8CC(COC(=O)C%10CCC(C(=O)OCC%11CC%12CC%11[C@H]%11CC(COC(=O)C(=C)C)C[C@@H]%12%11)CC%10)CC98)C(C7)C6C5)CC4)C(C3)[C@@H]2C1. The van der Waals surface area contributed by atoms with Crippen molar-refractivity contribution in [2.24, 2.45) is 189 Å². The number of esters is 8. The van der Waals surface area contributed by atoms with Gasteiger partial charge in [-0.3, -0.25) is 28.8 Å². The van der Waals surface area contributed by atoms with Crippen molar-refractivity contribution in [2.45, 2.75) is 355 Å². The summed E-state index contributed by atoms with van der Waals surface area (Å²) in [5, 5.41) is 0. The van der Waals surface area contributed by atoms with Gasteiger partial charge in [0.05, 0.1) is 76.5 Å². The Morgan fingerprint density at radius 2 is 0.553 bits per heavy atom. The first-order chi connectivity index (χ1) is 59.9. The molecule has 15 rings (SSSR count). The summed E-state index contributed by atoms with van der Waals surface area (Å²) in [6.45, 7) is 17.7. The first-order valence-corrected chi connectivity index (χ1v) is 52.5. The Morgan fingerprint density at radius 1 is 0.276 bits per heavy atom. The molecule has 16 heteroatoms. The number of fused-ring (bicyclic) bond motifs is 20. The van der Waals surface area contributed by atoms with E-state index in [1.807, 2.05) is 0 Å². The van der Waals surface area contributed by atoms with Gasteiger partial charge in [0.15, 0.2) is 0 Å². The zero-order valence-corrected chi connectivity index (χ0v) is 76.9. The van der Waals surface area contributed by atoms with E-state index in [9.17, 15) is 38.4 Å². The number of hydrogen-bond donors (Lipinski definition) is 0. The van der Waals surface area contributed by atoms with Crippen molar-refractivity contribution in [3.05, 3.63) is 24.8 Å². The summed E-state index contributed by atoms with van der Waals surface area (Å²) in [5.41, 5.74) is 0.452. The monoisotopic (exact) mass is 1710 g/mol. The fourth-order valence-corrected chi connectivity index (χ4v) is 31.7. The van der Waals surface area contributed by atoms with E-state index in [0.29, 0.717) is 265 Å². The highest BCUT2D eigenvalue weighted by Crippen LogP contribution is 2.66. The van der Waals surface area contributed by atoms with E-state index < -0.39 is 0 Å². The minimum absolute atomic E-state index is 0.0121. The maximum Gasteiger partial charge on any atom is 0.333 e. The Labute approximate surface area is 741 Å². The zero-order valence-electron chi connectivity index (χ0n) is 76.9. The first kappa shape index (κ1) is 92.9. The molecule has 0 heterocycles. The molecule has 15 saturated carbocycles. The normalized spacial score (nSPS) is 38.6. The highest BCUT2D eigenvalue weighted by atomic mass is 16.6. The summed E-state index contributed by atoms with van der Waals surface area (Å²) in [7, 11) is 0. The number of carbonyl (C=O) groups excluding carboxylic acids is 8. The van der Waals surface area contributed by atoms with Gasteiger partial charge in [0.25, 0.3) is 0 Å². The van der Waals surface area contributed by atoms with E-state index in [1.54, 1.807) is 6.92 Å². The quantitative estimate of drug-likeness (QED) is 0.0240. The number of hydrogen-bond acceptors (Lipinski definition) is 16.